The number of hydrogen-bond acceptors (Lipinski definition) is 2. The highest BCUT2D eigenvalue weighted by atomic mass is 15.0. The van der Waals surface area contributed by atoms with Crippen molar-refractivity contribution in [3.63, 3.8) is 0 Å². The number of hydrogen-bond donors (Lipinski definition) is 0. The third-order valence-electron chi connectivity index (χ3n) is 9.43. The van der Waals surface area contributed by atoms with Crippen LogP contribution in [0.2, 0.25) is 0 Å². The molecule has 0 saturated carbocycles. The number of rotatable bonds is 4. The van der Waals surface area contributed by atoms with Crippen LogP contribution in [-0.4, -0.2) is 9.13 Å². The average Bonchev–Trinajstić information content (AvgIpc) is 3.67. The fourth-order valence-electron chi connectivity index (χ4n) is 7.42. The van der Waals surface area contributed by atoms with E-state index in [1.165, 1.54) is 21.5 Å². The third-order valence-corrected chi connectivity index (χ3v) is 9.43. The molecule has 0 atom stereocenters. The SMILES string of the molecule is N#Cc1ccc(-c2ccccc2-n2c3ccccc3c3ccccc32)c(-c2cccc(-n3c4ccccc4c4ccccc43)c2)c1C#N. The summed E-state index contributed by atoms with van der Waals surface area (Å²) in [6, 6.07) is 59.0. The highest BCUT2D eigenvalue weighted by molar-refractivity contribution is 6.11. The summed E-state index contributed by atoms with van der Waals surface area (Å²) < 4.78 is 4.59. The van der Waals surface area contributed by atoms with Crippen molar-refractivity contribution in [2.24, 2.45) is 0 Å². The number of nitrogens with zero attached hydrogens (tertiary/aromatic N) is 4. The van der Waals surface area contributed by atoms with E-state index in [1.807, 2.05) is 24.3 Å². The second-order valence-electron chi connectivity index (χ2n) is 11.9. The van der Waals surface area contributed by atoms with Gasteiger partial charge < -0.3 is 9.13 Å². The van der Waals surface area contributed by atoms with Gasteiger partial charge in [-0.05, 0) is 59.7 Å². The molecule has 0 radical (unpaired) electrons. The molecule has 0 aliphatic carbocycles. The minimum atomic E-state index is 0.355. The quantitative estimate of drug-likeness (QED) is 0.199. The summed E-state index contributed by atoms with van der Waals surface area (Å²) in [7, 11) is 0. The monoisotopic (exact) mass is 610 g/mol. The maximum atomic E-state index is 10.6. The topological polar surface area (TPSA) is 57.4 Å². The summed E-state index contributed by atoms with van der Waals surface area (Å²) in [4.78, 5) is 0. The van der Waals surface area contributed by atoms with Gasteiger partial charge in [-0.1, -0.05) is 109 Å². The molecule has 9 aromatic rings. The Bertz CT molecular complexity index is 2710. The van der Waals surface area contributed by atoms with Gasteiger partial charge in [-0.3, -0.25) is 0 Å². The van der Waals surface area contributed by atoms with Gasteiger partial charge in [-0.25, -0.2) is 0 Å². The summed E-state index contributed by atoms with van der Waals surface area (Å²) in [5, 5.41) is 25.5. The molecular formula is C44H26N4. The number of fused-ring (bicyclic) bond motifs is 6. The zero-order chi connectivity index (χ0) is 32.2. The zero-order valence-corrected chi connectivity index (χ0v) is 25.8. The van der Waals surface area contributed by atoms with Gasteiger partial charge in [-0.2, -0.15) is 10.5 Å². The predicted octanol–water partition coefficient (Wildman–Crippen LogP) is 11.0. The van der Waals surface area contributed by atoms with Crippen molar-refractivity contribution in [3.05, 3.63) is 169 Å². The standard InChI is InChI=1S/C44H26N4/c45-27-30-24-25-37(36-18-5-10-23-43(36)48-41-21-8-3-16-34(41)35-17-4-9-22-42(35)48)44(38(30)28-46)29-12-11-13-31(26-29)47-39-19-6-1-14-32(39)33-15-2-7-20-40(33)47/h1-26H. The minimum Gasteiger partial charge on any atom is -0.309 e. The molecule has 4 nitrogen and oxygen atoms in total. The van der Waals surface area contributed by atoms with E-state index < -0.39 is 0 Å². The molecule has 0 saturated heterocycles. The van der Waals surface area contributed by atoms with E-state index in [-0.39, 0.29) is 0 Å². The number of aromatic nitrogens is 2. The van der Waals surface area contributed by atoms with Crippen LogP contribution in [0.15, 0.2) is 158 Å². The lowest BCUT2D eigenvalue weighted by atomic mass is 9.87. The zero-order valence-electron chi connectivity index (χ0n) is 25.8. The second-order valence-corrected chi connectivity index (χ2v) is 11.9. The van der Waals surface area contributed by atoms with Gasteiger partial charge in [0.25, 0.3) is 0 Å². The molecule has 7 aromatic carbocycles. The lowest BCUT2D eigenvalue weighted by Gasteiger charge is -2.19. The van der Waals surface area contributed by atoms with Crippen LogP contribution in [0.3, 0.4) is 0 Å². The Morgan fingerprint density at radius 1 is 0.417 bits per heavy atom. The van der Waals surface area contributed by atoms with Crippen LogP contribution in [0.25, 0.3) is 77.2 Å². The van der Waals surface area contributed by atoms with Crippen molar-refractivity contribution in [1.29, 1.82) is 10.5 Å². The van der Waals surface area contributed by atoms with Crippen LogP contribution in [0.5, 0.6) is 0 Å². The van der Waals surface area contributed by atoms with E-state index in [9.17, 15) is 10.5 Å². The van der Waals surface area contributed by atoms with Gasteiger partial charge in [0.15, 0.2) is 0 Å². The molecule has 0 aliphatic rings. The molecule has 9 rings (SSSR count). The Kier molecular flexibility index (Phi) is 6.22. The van der Waals surface area contributed by atoms with E-state index in [0.29, 0.717) is 11.1 Å². The molecule has 4 heteroatoms. The van der Waals surface area contributed by atoms with Crippen molar-refractivity contribution in [3.8, 4) is 45.8 Å². The van der Waals surface area contributed by atoms with E-state index in [1.54, 1.807) is 6.07 Å². The first-order valence-corrected chi connectivity index (χ1v) is 15.9. The molecule has 0 amide bonds. The Morgan fingerprint density at radius 3 is 1.50 bits per heavy atom. The van der Waals surface area contributed by atoms with Gasteiger partial charge in [0, 0.05) is 38.4 Å². The van der Waals surface area contributed by atoms with E-state index >= 15 is 0 Å². The Morgan fingerprint density at radius 2 is 0.938 bits per heavy atom. The normalized spacial score (nSPS) is 11.3. The molecule has 0 fully saturated rings. The highest BCUT2D eigenvalue weighted by Crippen LogP contribution is 2.42. The van der Waals surface area contributed by atoms with Crippen LogP contribution in [0.1, 0.15) is 11.1 Å². The number of para-hydroxylation sites is 5. The Labute approximate surface area is 277 Å². The summed E-state index contributed by atoms with van der Waals surface area (Å²) in [6.07, 6.45) is 0. The highest BCUT2D eigenvalue weighted by Gasteiger charge is 2.22. The van der Waals surface area contributed by atoms with Crippen LogP contribution >= 0.6 is 0 Å². The molecule has 2 aromatic heterocycles. The molecular weight excluding hydrogens is 585 g/mol. The summed E-state index contributed by atoms with van der Waals surface area (Å²) in [6.45, 7) is 0. The summed E-state index contributed by atoms with van der Waals surface area (Å²) in [5.74, 6) is 0. The van der Waals surface area contributed by atoms with Crippen molar-refractivity contribution in [2.75, 3.05) is 0 Å². The molecule has 0 aliphatic heterocycles. The smallest absolute Gasteiger partial charge is 0.101 e. The van der Waals surface area contributed by atoms with E-state index in [4.69, 9.17) is 0 Å². The number of nitriles is 2. The van der Waals surface area contributed by atoms with Crippen LogP contribution in [-0.2, 0) is 0 Å². The third kappa shape index (κ3) is 4.01. The molecule has 0 N–H and O–H groups in total. The van der Waals surface area contributed by atoms with Crippen molar-refractivity contribution in [2.45, 2.75) is 0 Å². The summed E-state index contributed by atoms with van der Waals surface area (Å²) in [5.41, 5.74) is 10.6. The van der Waals surface area contributed by atoms with Crippen LogP contribution < -0.4 is 0 Å². The fourth-order valence-corrected chi connectivity index (χ4v) is 7.42. The van der Waals surface area contributed by atoms with Gasteiger partial charge in [0.2, 0.25) is 0 Å². The molecule has 0 bridgehead atoms. The molecule has 0 unspecified atom stereocenters. The Hall–Kier alpha value is -6.88. The van der Waals surface area contributed by atoms with E-state index in [2.05, 4.69) is 149 Å². The second kappa shape index (κ2) is 10.9. The fraction of sp³-hybridized carbons (Fsp3) is 0. The first kappa shape index (κ1) is 27.4. The van der Waals surface area contributed by atoms with Gasteiger partial charge in [0.05, 0.1) is 38.9 Å². The average molecular weight is 611 g/mol. The van der Waals surface area contributed by atoms with Crippen molar-refractivity contribution in [1.82, 2.24) is 9.13 Å². The Balaban J connectivity index is 1.33. The lowest BCUT2D eigenvalue weighted by Crippen LogP contribution is -2.00. The maximum Gasteiger partial charge on any atom is 0.101 e. The molecule has 48 heavy (non-hydrogen) atoms. The molecule has 0 spiro atoms. The maximum absolute atomic E-state index is 10.6. The van der Waals surface area contributed by atoms with Crippen molar-refractivity contribution >= 4 is 43.6 Å². The number of benzene rings is 7. The van der Waals surface area contributed by atoms with Gasteiger partial charge >= 0.3 is 0 Å². The first-order valence-electron chi connectivity index (χ1n) is 15.9. The van der Waals surface area contributed by atoms with Crippen LogP contribution in [0.4, 0.5) is 0 Å². The first-order chi connectivity index (χ1) is 23.8. The minimum absolute atomic E-state index is 0.355. The molecule has 222 valence electrons. The molecule has 2 heterocycles. The largest absolute Gasteiger partial charge is 0.309 e. The van der Waals surface area contributed by atoms with Crippen LogP contribution in [0, 0.1) is 22.7 Å². The van der Waals surface area contributed by atoms with Gasteiger partial charge in [-0.15, -0.1) is 0 Å². The van der Waals surface area contributed by atoms with Gasteiger partial charge in [0.1, 0.15) is 12.1 Å². The lowest BCUT2D eigenvalue weighted by molar-refractivity contribution is 1.18. The predicted molar refractivity (Wildman–Crippen MR) is 195 cm³/mol. The summed E-state index contributed by atoms with van der Waals surface area (Å²) >= 11 is 0. The van der Waals surface area contributed by atoms with Crippen molar-refractivity contribution < 1.29 is 0 Å². The van der Waals surface area contributed by atoms with E-state index in [0.717, 1.165) is 55.7 Å².